The molecule has 0 spiro atoms. The van der Waals surface area contributed by atoms with Crippen LogP contribution in [0, 0.1) is 0 Å². The Morgan fingerprint density at radius 3 is 2.68 bits per heavy atom. The molecule has 1 N–H and O–H groups in total. The molecule has 1 amide bonds. The van der Waals surface area contributed by atoms with Gasteiger partial charge in [0.15, 0.2) is 0 Å². The normalized spacial score (nSPS) is 13.2. The number of carbonyl (C=O) groups excluding carboxylic acids is 1. The highest BCUT2D eigenvalue weighted by molar-refractivity contribution is 7.09. The molecule has 1 aliphatic rings. The lowest BCUT2D eigenvalue weighted by atomic mass is 10.2. The number of amides is 1. The van der Waals surface area contributed by atoms with Crippen LogP contribution in [-0.2, 0) is 13.2 Å². The number of carbonyl (C=O) groups is 1. The standard InChI is InChI=1S/C23H20N4O3S/c28-23(24-12-20-26-22(27-30-20)16-4-2-1-3-5-16)17-8-10-18(11-9-17)29-13-21-25-19(14-31-21)15-6-7-15/h1-5,8-11,14-15H,6-7,12-13H2,(H,24,28). The van der Waals surface area contributed by atoms with Crippen LogP contribution in [0.3, 0.4) is 0 Å². The SMILES string of the molecule is O=C(NCc1nc(-c2ccccc2)no1)c1ccc(OCc2nc(C3CC3)cs2)cc1. The molecule has 1 fully saturated rings. The van der Waals surface area contributed by atoms with Crippen molar-refractivity contribution in [2.75, 3.05) is 0 Å². The van der Waals surface area contributed by atoms with Crippen molar-refractivity contribution in [2.45, 2.75) is 31.9 Å². The molecule has 0 bridgehead atoms. The Bertz CT molecular complexity index is 1170. The van der Waals surface area contributed by atoms with E-state index >= 15 is 0 Å². The summed E-state index contributed by atoms with van der Waals surface area (Å²) >= 11 is 1.63. The molecule has 5 rings (SSSR count). The Morgan fingerprint density at radius 2 is 1.90 bits per heavy atom. The molecule has 2 aromatic carbocycles. The van der Waals surface area contributed by atoms with Crippen LogP contribution in [0.15, 0.2) is 64.5 Å². The third-order valence-corrected chi connectivity index (χ3v) is 5.78. The second-order valence-corrected chi connectivity index (χ2v) is 8.26. The topological polar surface area (TPSA) is 90.1 Å². The summed E-state index contributed by atoms with van der Waals surface area (Å²) in [7, 11) is 0. The molecular formula is C23H20N4O3S. The molecule has 0 aliphatic heterocycles. The molecule has 0 atom stereocenters. The van der Waals surface area contributed by atoms with Gasteiger partial charge in [0.25, 0.3) is 5.91 Å². The highest BCUT2D eigenvalue weighted by Crippen LogP contribution is 2.40. The lowest BCUT2D eigenvalue weighted by Crippen LogP contribution is -2.22. The summed E-state index contributed by atoms with van der Waals surface area (Å²) in [6.45, 7) is 0.591. The fourth-order valence-electron chi connectivity index (χ4n) is 3.09. The Kier molecular flexibility index (Phi) is 5.45. The van der Waals surface area contributed by atoms with Crippen LogP contribution in [0.4, 0.5) is 0 Å². The number of nitrogens with one attached hydrogen (secondary N) is 1. The smallest absolute Gasteiger partial charge is 0.251 e. The molecule has 0 saturated heterocycles. The monoisotopic (exact) mass is 432 g/mol. The molecule has 1 saturated carbocycles. The lowest BCUT2D eigenvalue weighted by molar-refractivity contribution is 0.0946. The van der Waals surface area contributed by atoms with E-state index in [9.17, 15) is 4.79 Å². The zero-order valence-corrected chi connectivity index (χ0v) is 17.5. The summed E-state index contributed by atoms with van der Waals surface area (Å²) in [5.41, 5.74) is 2.58. The minimum Gasteiger partial charge on any atom is -0.486 e. The Labute approximate surface area is 183 Å². The van der Waals surface area contributed by atoms with E-state index < -0.39 is 0 Å². The van der Waals surface area contributed by atoms with Gasteiger partial charge < -0.3 is 14.6 Å². The average Bonchev–Trinajstić information content (AvgIpc) is 3.37. The molecule has 7 nitrogen and oxygen atoms in total. The number of aromatic nitrogens is 3. The Balaban J connectivity index is 1.12. The first kappa shape index (κ1) is 19.4. The van der Waals surface area contributed by atoms with Gasteiger partial charge in [-0.1, -0.05) is 35.5 Å². The van der Waals surface area contributed by atoms with E-state index in [4.69, 9.17) is 9.26 Å². The van der Waals surface area contributed by atoms with E-state index in [1.807, 2.05) is 30.3 Å². The molecule has 8 heteroatoms. The molecular weight excluding hydrogens is 412 g/mol. The number of benzene rings is 2. The van der Waals surface area contributed by atoms with E-state index in [-0.39, 0.29) is 12.5 Å². The maximum Gasteiger partial charge on any atom is 0.251 e. The van der Waals surface area contributed by atoms with Gasteiger partial charge in [0.2, 0.25) is 11.7 Å². The summed E-state index contributed by atoms with van der Waals surface area (Å²) < 4.78 is 11.0. The van der Waals surface area contributed by atoms with E-state index in [2.05, 4.69) is 25.8 Å². The minimum atomic E-state index is -0.222. The summed E-state index contributed by atoms with van der Waals surface area (Å²) in [4.78, 5) is 21.3. The van der Waals surface area contributed by atoms with Gasteiger partial charge in [-0.05, 0) is 37.1 Å². The van der Waals surface area contributed by atoms with Gasteiger partial charge in [0, 0.05) is 22.4 Å². The molecule has 0 radical (unpaired) electrons. The van der Waals surface area contributed by atoms with E-state index in [1.165, 1.54) is 18.5 Å². The van der Waals surface area contributed by atoms with E-state index in [1.54, 1.807) is 35.6 Å². The largest absolute Gasteiger partial charge is 0.486 e. The first-order chi connectivity index (χ1) is 15.2. The van der Waals surface area contributed by atoms with Crippen molar-refractivity contribution >= 4 is 17.2 Å². The summed E-state index contributed by atoms with van der Waals surface area (Å²) in [6, 6.07) is 16.6. The van der Waals surface area contributed by atoms with Crippen molar-refractivity contribution in [3.63, 3.8) is 0 Å². The van der Waals surface area contributed by atoms with Crippen LogP contribution >= 0.6 is 11.3 Å². The van der Waals surface area contributed by atoms with Crippen LogP contribution in [-0.4, -0.2) is 21.0 Å². The third-order valence-electron chi connectivity index (χ3n) is 4.94. The zero-order valence-electron chi connectivity index (χ0n) is 16.7. The minimum absolute atomic E-state index is 0.157. The average molecular weight is 433 g/mol. The van der Waals surface area contributed by atoms with Gasteiger partial charge in [0.1, 0.15) is 17.4 Å². The van der Waals surface area contributed by atoms with Crippen molar-refractivity contribution in [3.05, 3.63) is 82.1 Å². The molecule has 4 aromatic rings. The highest BCUT2D eigenvalue weighted by atomic mass is 32.1. The molecule has 2 aromatic heterocycles. The molecule has 2 heterocycles. The van der Waals surface area contributed by atoms with Crippen molar-refractivity contribution in [3.8, 4) is 17.1 Å². The first-order valence-electron chi connectivity index (χ1n) is 10.1. The fraction of sp³-hybridized carbons (Fsp3) is 0.217. The molecule has 0 unspecified atom stereocenters. The Morgan fingerprint density at radius 1 is 1.10 bits per heavy atom. The summed E-state index contributed by atoms with van der Waals surface area (Å²) in [5.74, 6) is 1.97. The number of thiazole rings is 1. The quantitative estimate of drug-likeness (QED) is 0.438. The van der Waals surface area contributed by atoms with Crippen LogP contribution in [0.25, 0.3) is 11.4 Å². The van der Waals surface area contributed by atoms with Gasteiger partial charge in [-0.25, -0.2) is 4.98 Å². The lowest BCUT2D eigenvalue weighted by Gasteiger charge is -2.06. The number of hydrogen-bond acceptors (Lipinski definition) is 7. The highest BCUT2D eigenvalue weighted by Gasteiger charge is 2.26. The summed E-state index contributed by atoms with van der Waals surface area (Å²) in [6.07, 6.45) is 2.49. The third kappa shape index (κ3) is 4.80. The van der Waals surface area contributed by atoms with Gasteiger partial charge in [0.05, 0.1) is 12.2 Å². The molecule has 156 valence electrons. The zero-order chi connectivity index (χ0) is 21.0. The van der Waals surface area contributed by atoms with Gasteiger partial charge in [-0.15, -0.1) is 11.3 Å². The van der Waals surface area contributed by atoms with Crippen LogP contribution in [0.2, 0.25) is 0 Å². The summed E-state index contributed by atoms with van der Waals surface area (Å²) in [5, 5.41) is 9.83. The van der Waals surface area contributed by atoms with Gasteiger partial charge in [-0.2, -0.15) is 4.98 Å². The second kappa shape index (κ2) is 8.69. The van der Waals surface area contributed by atoms with Crippen LogP contribution in [0.5, 0.6) is 5.75 Å². The molecule has 31 heavy (non-hydrogen) atoms. The first-order valence-corrected chi connectivity index (χ1v) is 11.0. The van der Waals surface area contributed by atoms with Crippen LogP contribution in [0.1, 0.15) is 45.7 Å². The fourth-order valence-corrected chi connectivity index (χ4v) is 3.88. The second-order valence-electron chi connectivity index (χ2n) is 7.31. The van der Waals surface area contributed by atoms with Crippen molar-refractivity contribution in [1.82, 2.24) is 20.4 Å². The predicted molar refractivity (Wildman–Crippen MR) is 116 cm³/mol. The van der Waals surface area contributed by atoms with Crippen molar-refractivity contribution < 1.29 is 14.1 Å². The predicted octanol–water partition coefficient (Wildman–Crippen LogP) is 4.58. The maximum atomic E-state index is 12.4. The number of nitrogens with zero attached hydrogens (tertiary/aromatic N) is 3. The molecule has 1 aliphatic carbocycles. The number of ether oxygens (including phenoxy) is 1. The maximum absolute atomic E-state index is 12.4. The van der Waals surface area contributed by atoms with Gasteiger partial charge >= 0.3 is 0 Å². The Hall–Kier alpha value is -3.52. The van der Waals surface area contributed by atoms with Gasteiger partial charge in [-0.3, -0.25) is 4.79 Å². The van der Waals surface area contributed by atoms with Crippen molar-refractivity contribution in [2.24, 2.45) is 0 Å². The van der Waals surface area contributed by atoms with Crippen molar-refractivity contribution in [1.29, 1.82) is 0 Å². The van der Waals surface area contributed by atoms with E-state index in [0.29, 0.717) is 35.6 Å². The van der Waals surface area contributed by atoms with E-state index in [0.717, 1.165) is 10.6 Å². The number of rotatable bonds is 8. The van der Waals surface area contributed by atoms with Crippen LogP contribution < -0.4 is 10.1 Å². The number of hydrogen-bond donors (Lipinski definition) is 1.